The third-order valence-electron chi connectivity index (χ3n) is 0.556. The van der Waals surface area contributed by atoms with Gasteiger partial charge in [-0.05, 0) is 0 Å². The molecule has 1 aromatic carbocycles. The van der Waals surface area contributed by atoms with Gasteiger partial charge in [-0.2, -0.15) is 18.2 Å². The summed E-state index contributed by atoms with van der Waals surface area (Å²) < 4.78 is 0. The molecule has 0 heterocycles. The number of rotatable bonds is 0. The maximum atomic E-state index is 7.00. The third kappa shape index (κ3) is 25.3. The number of aliphatic hydroxyl groups excluding tert-OH is 2. The predicted octanol–water partition coefficient (Wildman–Crippen LogP) is 1.31. The number of hydrogen-bond donors (Lipinski definition) is 2. The average molecular weight is 212 g/mol. The Hall–Kier alpha value is 0.274. The van der Waals surface area contributed by atoms with Crippen LogP contribution in [0.3, 0.4) is 0 Å². The van der Waals surface area contributed by atoms with Crippen molar-refractivity contribution < 1.29 is 29.6 Å². The van der Waals surface area contributed by atoms with E-state index in [0.29, 0.717) is 0 Å². The zero-order valence-electron chi connectivity index (χ0n) is 6.66. The second-order valence-electron chi connectivity index (χ2n) is 0.962. The molecule has 0 fully saturated rings. The molecule has 0 amide bonds. The van der Waals surface area contributed by atoms with Gasteiger partial charge >= 0.3 is 28.7 Å². The monoisotopic (exact) mass is 212 g/mol. The minimum atomic E-state index is 1.00. The van der Waals surface area contributed by atoms with Crippen LogP contribution in [-0.2, 0) is 19.4 Å². The summed E-state index contributed by atoms with van der Waals surface area (Å²) in [6.45, 7) is 0. The van der Waals surface area contributed by atoms with Gasteiger partial charge in [-0.1, -0.05) is 0 Å². The van der Waals surface area contributed by atoms with Crippen molar-refractivity contribution in [3.63, 3.8) is 0 Å². The van der Waals surface area contributed by atoms with Crippen LogP contribution in [0.15, 0.2) is 30.3 Å². The van der Waals surface area contributed by atoms with E-state index < -0.39 is 0 Å². The van der Waals surface area contributed by atoms with E-state index in [2.05, 4.69) is 9.30 Å². The summed E-state index contributed by atoms with van der Waals surface area (Å²) in [5.41, 5.74) is 0. The predicted molar refractivity (Wildman–Crippen MR) is 44.2 cm³/mol. The Morgan fingerprint density at radius 1 is 1.00 bits per heavy atom. The number of halogens is 1. The molecule has 0 saturated heterocycles. The van der Waals surface area contributed by atoms with E-state index >= 15 is 0 Å². The first-order valence-electron chi connectivity index (χ1n) is 2.75. The van der Waals surface area contributed by atoms with E-state index in [1.165, 1.54) is 19.4 Å². The minimum absolute atomic E-state index is 1.00. The van der Waals surface area contributed by atoms with Crippen LogP contribution >= 0.6 is 9.30 Å². The van der Waals surface area contributed by atoms with E-state index in [4.69, 9.17) is 10.2 Å². The fourth-order valence-electron chi connectivity index (χ4n) is 0.321. The molecule has 0 atom stereocenters. The zero-order chi connectivity index (χ0) is 9.54. The summed E-state index contributed by atoms with van der Waals surface area (Å²) in [6.07, 6.45) is 0. The largest absolute Gasteiger partial charge is 0.214 e. The van der Waals surface area contributed by atoms with Gasteiger partial charge in [-0.25, -0.2) is 12.1 Å². The molecule has 0 aliphatic rings. The first-order valence-corrected chi connectivity index (χ1v) is 4.90. The smallest absolute Gasteiger partial charge is 0.172 e. The summed E-state index contributed by atoms with van der Waals surface area (Å²) in [6, 6.07) is 10.0. The maximum Gasteiger partial charge on any atom is -0.172 e. The summed E-state index contributed by atoms with van der Waals surface area (Å²) in [4.78, 5) is 0. The van der Waals surface area contributed by atoms with Crippen molar-refractivity contribution in [2.24, 2.45) is 0 Å². The van der Waals surface area contributed by atoms with E-state index in [1.54, 1.807) is 0 Å². The molecule has 1 aromatic rings. The molecule has 0 spiro atoms. The molecule has 2 nitrogen and oxygen atoms in total. The van der Waals surface area contributed by atoms with E-state index in [1.807, 2.05) is 30.3 Å². The summed E-state index contributed by atoms with van der Waals surface area (Å²) in [5.74, 6) is 0. The van der Waals surface area contributed by atoms with Gasteiger partial charge < -0.3 is 10.2 Å². The topological polar surface area (TPSA) is 40.5 Å². The van der Waals surface area contributed by atoms with Gasteiger partial charge in [0, 0.05) is 14.2 Å². The van der Waals surface area contributed by atoms with E-state index in [-0.39, 0.29) is 0 Å². The van der Waals surface area contributed by atoms with Crippen molar-refractivity contribution in [2.75, 3.05) is 14.2 Å². The molecule has 0 aliphatic carbocycles. The number of hydrogen-bond acceptors (Lipinski definition) is 2. The zero-order valence-corrected chi connectivity index (χ0v) is 8.98. The maximum absolute atomic E-state index is 7.00. The fourth-order valence-corrected chi connectivity index (χ4v) is 0.321. The normalized spacial score (nSPS) is 5.09. The van der Waals surface area contributed by atoms with Crippen LogP contribution in [0, 0.1) is 0 Å². The van der Waals surface area contributed by atoms with Crippen molar-refractivity contribution >= 4 is 9.30 Å². The van der Waals surface area contributed by atoms with Gasteiger partial charge in [0.15, 0.2) is 0 Å². The molecule has 1 rings (SSSR count). The quantitative estimate of drug-likeness (QED) is 0.503. The standard InChI is InChI=1S/C5H5.2CH4O.ClH.Ti/c1-2-4-5-3-1;2*1-2;;/h1-5H;2*2H,1H3;1H;/q-1;;;;+2/p-1. The molecule has 11 heavy (non-hydrogen) atoms. The molecular weight excluding hydrogens is 199 g/mol. The van der Waals surface area contributed by atoms with Crippen molar-refractivity contribution in [2.45, 2.75) is 0 Å². The van der Waals surface area contributed by atoms with Crippen LogP contribution in [0.2, 0.25) is 0 Å². The Morgan fingerprint density at radius 2 is 1.27 bits per heavy atom. The summed E-state index contributed by atoms with van der Waals surface area (Å²) >= 11 is 1.47. The van der Waals surface area contributed by atoms with E-state index in [0.717, 1.165) is 14.2 Å². The van der Waals surface area contributed by atoms with Crippen molar-refractivity contribution in [1.29, 1.82) is 0 Å². The average Bonchev–Trinajstić information content (AvgIpc) is 2.71. The first kappa shape index (κ1) is 17.4. The molecule has 0 radical (unpaired) electrons. The van der Waals surface area contributed by atoms with Gasteiger partial charge in [-0.15, -0.1) is 0 Å². The van der Waals surface area contributed by atoms with Gasteiger partial charge in [0.05, 0.1) is 0 Å². The van der Waals surface area contributed by atoms with Gasteiger partial charge in [-0.3, -0.25) is 0 Å². The second-order valence-corrected chi connectivity index (χ2v) is 0.962. The van der Waals surface area contributed by atoms with Gasteiger partial charge in [0.25, 0.3) is 0 Å². The van der Waals surface area contributed by atoms with Crippen LogP contribution in [0.1, 0.15) is 0 Å². The SMILES string of the molecule is CO.CO.[Cl][Ti+].c1cc[cH-]c1. The molecule has 0 aliphatic heterocycles. The summed E-state index contributed by atoms with van der Waals surface area (Å²) in [7, 11) is 6.64. The molecule has 0 unspecified atom stereocenters. The molecule has 2 N–H and O–H groups in total. The Morgan fingerprint density at radius 3 is 1.36 bits per heavy atom. The van der Waals surface area contributed by atoms with Crippen LogP contribution in [0.4, 0.5) is 0 Å². The molecular formula is C7H13ClO2Ti. The van der Waals surface area contributed by atoms with Crippen molar-refractivity contribution in [3.8, 4) is 0 Å². The van der Waals surface area contributed by atoms with Gasteiger partial charge in [0.2, 0.25) is 0 Å². The van der Waals surface area contributed by atoms with Crippen LogP contribution in [0.5, 0.6) is 0 Å². The summed E-state index contributed by atoms with van der Waals surface area (Å²) in [5, 5.41) is 14.0. The molecule has 0 saturated carbocycles. The molecule has 0 aromatic heterocycles. The van der Waals surface area contributed by atoms with Gasteiger partial charge in [0.1, 0.15) is 0 Å². The molecule has 0 bridgehead atoms. The fraction of sp³-hybridized carbons (Fsp3) is 0.286. The molecule has 4 heteroatoms. The molecule has 64 valence electrons. The number of aliphatic hydroxyl groups is 2. The Balaban J connectivity index is -0.0000000933. The van der Waals surface area contributed by atoms with Crippen LogP contribution < -0.4 is 0 Å². The Bertz CT molecular complexity index is 72.9. The second kappa shape index (κ2) is 31.8. The Labute approximate surface area is 83.5 Å². The Kier molecular flexibility index (Phi) is 50.2. The van der Waals surface area contributed by atoms with Crippen LogP contribution in [0.25, 0.3) is 0 Å². The van der Waals surface area contributed by atoms with Crippen molar-refractivity contribution in [3.05, 3.63) is 30.3 Å². The minimum Gasteiger partial charge on any atom is -0.214 e. The van der Waals surface area contributed by atoms with Crippen LogP contribution in [-0.4, -0.2) is 24.4 Å². The van der Waals surface area contributed by atoms with E-state index in [9.17, 15) is 0 Å². The van der Waals surface area contributed by atoms with Crippen molar-refractivity contribution in [1.82, 2.24) is 0 Å². The third-order valence-corrected chi connectivity index (χ3v) is 0.556. The first-order chi connectivity index (χ1) is 5.50.